The van der Waals surface area contributed by atoms with Gasteiger partial charge in [0.1, 0.15) is 22.8 Å². The molecule has 0 spiro atoms. The fourth-order valence-corrected chi connectivity index (χ4v) is 9.48. The standard InChI is InChI=1S/C61H46N12/c1-33-14-20-62-46(26-33)40-8-9-41(47-27-34(2)15-21-63-47)55-54(40)68-32-52(70-55)60-61(73-59-45(51-31-38(6)19-25-67-51)13-12-44(58(59)72-60)50-30-37(5)18-24-66-50)53-39(7)69-56-42(48-28-35(3)16-22-64-48)10-11-43(57(56)71-53)49-29-36(4)17-23-65-49/h8-32H,1-7H3. The fraction of sp³-hybridized carbons (Fsp3) is 0.115. The smallest absolute Gasteiger partial charge is 0.119 e. The molecule has 12 heteroatoms. The molecule has 9 aromatic heterocycles. The van der Waals surface area contributed by atoms with Gasteiger partial charge in [-0.3, -0.25) is 34.9 Å². The van der Waals surface area contributed by atoms with Gasteiger partial charge in [0.05, 0.1) is 79.2 Å². The molecule has 12 rings (SSSR count). The number of nitrogens with zero attached hydrogens (tertiary/aromatic N) is 12. The van der Waals surface area contributed by atoms with E-state index in [9.17, 15) is 0 Å². The molecule has 0 aliphatic rings. The van der Waals surface area contributed by atoms with Crippen LogP contribution in [0.2, 0.25) is 0 Å². The summed E-state index contributed by atoms with van der Waals surface area (Å²) in [6.07, 6.45) is 12.7. The van der Waals surface area contributed by atoms with Gasteiger partial charge in [-0.1, -0.05) is 0 Å². The Morgan fingerprint density at radius 1 is 0.233 bits per heavy atom. The largest absolute Gasteiger partial charge is 0.256 e. The third-order valence-corrected chi connectivity index (χ3v) is 13.1. The molecular weight excluding hydrogens is 901 g/mol. The van der Waals surface area contributed by atoms with E-state index >= 15 is 0 Å². The zero-order valence-corrected chi connectivity index (χ0v) is 41.3. The molecule has 0 N–H and O–H groups in total. The lowest BCUT2D eigenvalue weighted by Crippen LogP contribution is -2.05. The summed E-state index contributed by atoms with van der Waals surface area (Å²) in [4.78, 5) is 62.3. The molecule has 0 atom stereocenters. The molecule has 350 valence electrons. The van der Waals surface area contributed by atoms with Crippen LogP contribution >= 0.6 is 0 Å². The second kappa shape index (κ2) is 18.1. The molecule has 12 aromatic rings. The topological polar surface area (TPSA) is 155 Å². The first-order chi connectivity index (χ1) is 35.5. The van der Waals surface area contributed by atoms with Crippen molar-refractivity contribution in [2.24, 2.45) is 0 Å². The molecule has 0 bridgehead atoms. The third kappa shape index (κ3) is 8.28. The van der Waals surface area contributed by atoms with Crippen LogP contribution in [-0.4, -0.2) is 59.8 Å². The third-order valence-electron chi connectivity index (χ3n) is 13.1. The SMILES string of the molecule is Cc1ccnc(-c2ccc(-c3cc(C)ccn3)c3nc(-c4nc5c(-c6cc(C)ccn6)ccc(-c6cc(C)ccn6)c5nc4-c4nc5c(-c6cc(C)ccn6)ccc(-c6cc(C)ccn6)c5nc4C)cnc23)c1. The molecule has 0 fully saturated rings. The van der Waals surface area contributed by atoms with Crippen molar-refractivity contribution in [3.05, 3.63) is 192 Å². The Hall–Kier alpha value is -9.42. The Labute approximate surface area is 421 Å². The monoisotopic (exact) mass is 946 g/mol. The van der Waals surface area contributed by atoms with Crippen LogP contribution in [0.3, 0.4) is 0 Å². The highest BCUT2D eigenvalue weighted by atomic mass is 14.9. The van der Waals surface area contributed by atoms with Crippen LogP contribution < -0.4 is 0 Å². The summed E-state index contributed by atoms with van der Waals surface area (Å²) in [6.45, 7) is 14.3. The number of aryl methyl sites for hydroxylation is 7. The van der Waals surface area contributed by atoms with Crippen molar-refractivity contribution in [1.82, 2.24) is 59.8 Å². The maximum Gasteiger partial charge on any atom is 0.119 e. The molecular formula is C61H46N12. The van der Waals surface area contributed by atoms with Crippen molar-refractivity contribution in [2.75, 3.05) is 0 Å². The van der Waals surface area contributed by atoms with Gasteiger partial charge in [-0.15, -0.1) is 0 Å². The van der Waals surface area contributed by atoms with Crippen molar-refractivity contribution >= 4 is 33.1 Å². The number of hydrogen-bond acceptors (Lipinski definition) is 12. The Kier molecular flexibility index (Phi) is 11.1. The van der Waals surface area contributed by atoms with Crippen molar-refractivity contribution < 1.29 is 0 Å². The van der Waals surface area contributed by atoms with E-state index < -0.39 is 0 Å². The number of aromatic nitrogens is 12. The number of fused-ring (bicyclic) bond motifs is 3. The van der Waals surface area contributed by atoms with E-state index in [1.165, 1.54) is 0 Å². The van der Waals surface area contributed by atoms with Gasteiger partial charge in [-0.2, -0.15) is 0 Å². The maximum absolute atomic E-state index is 5.71. The molecule has 0 saturated carbocycles. The molecule has 73 heavy (non-hydrogen) atoms. The van der Waals surface area contributed by atoms with Crippen LogP contribution in [0.15, 0.2) is 153 Å². The minimum atomic E-state index is 0.455. The molecule has 0 unspecified atom stereocenters. The summed E-state index contributed by atoms with van der Waals surface area (Å²) in [7, 11) is 0. The number of benzene rings is 3. The van der Waals surface area contributed by atoms with Gasteiger partial charge in [0.25, 0.3) is 0 Å². The predicted octanol–water partition coefficient (Wildman–Crippen LogP) is 13.4. The number of rotatable bonds is 8. The van der Waals surface area contributed by atoms with Gasteiger partial charge in [0.15, 0.2) is 0 Å². The summed E-state index contributed by atoms with van der Waals surface area (Å²) >= 11 is 0. The van der Waals surface area contributed by atoms with Crippen molar-refractivity contribution in [1.29, 1.82) is 0 Å². The average molecular weight is 947 g/mol. The van der Waals surface area contributed by atoms with Gasteiger partial charge >= 0.3 is 0 Å². The maximum atomic E-state index is 5.71. The minimum absolute atomic E-state index is 0.455. The quantitative estimate of drug-likeness (QED) is 0.142. The normalized spacial score (nSPS) is 11.5. The lowest BCUT2D eigenvalue weighted by atomic mass is 9.99. The average Bonchev–Trinajstić information content (AvgIpc) is 3.39. The summed E-state index contributed by atoms with van der Waals surface area (Å²) < 4.78 is 0. The molecule has 0 saturated heterocycles. The molecule has 3 aromatic carbocycles. The molecule has 0 aliphatic heterocycles. The van der Waals surface area contributed by atoms with Crippen molar-refractivity contribution in [3.8, 4) is 90.3 Å². The van der Waals surface area contributed by atoms with Gasteiger partial charge in [0, 0.05) is 70.6 Å². The zero-order chi connectivity index (χ0) is 49.9. The lowest BCUT2D eigenvalue weighted by Gasteiger charge is -2.17. The number of hydrogen-bond donors (Lipinski definition) is 0. The minimum Gasteiger partial charge on any atom is -0.256 e. The van der Waals surface area contributed by atoms with Crippen LogP contribution in [0.4, 0.5) is 0 Å². The summed E-state index contributed by atoms with van der Waals surface area (Å²) in [6, 6.07) is 36.6. The molecule has 0 aliphatic carbocycles. The predicted molar refractivity (Wildman–Crippen MR) is 289 cm³/mol. The van der Waals surface area contributed by atoms with Crippen LogP contribution in [0.25, 0.3) is 123 Å². The van der Waals surface area contributed by atoms with E-state index in [-0.39, 0.29) is 0 Å². The van der Waals surface area contributed by atoms with Gasteiger partial charge in [-0.25, -0.2) is 24.9 Å². The van der Waals surface area contributed by atoms with Crippen LogP contribution in [0.1, 0.15) is 39.1 Å². The Morgan fingerprint density at radius 2 is 0.507 bits per heavy atom. The second-order valence-corrected chi connectivity index (χ2v) is 18.7. The van der Waals surface area contributed by atoms with Gasteiger partial charge < -0.3 is 0 Å². The molecule has 9 heterocycles. The van der Waals surface area contributed by atoms with Crippen molar-refractivity contribution in [2.45, 2.75) is 48.5 Å². The highest BCUT2D eigenvalue weighted by Crippen LogP contribution is 2.42. The Morgan fingerprint density at radius 3 is 0.836 bits per heavy atom. The summed E-state index contributed by atoms with van der Waals surface area (Å²) in [5, 5.41) is 0. The first kappa shape index (κ1) is 44.8. The summed E-state index contributed by atoms with van der Waals surface area (Å²) in [5.41, 5.74) is 22.3. The highest BCUT2D eigenvalue weighted by Gasteiger charge is 2.26. The fourth-order valence-electron chi connectivity index (χ4n) is 9.48. The van der Waals surface area contributed by atoms with Crippen LogP contribution in [0, 0.1) is 48.5 Å². The Balaban J connectivity index is 1.21. The summed E-state index contributed by atoms with van der Waals surface area (Å²) in [5.74, 6) is 0. The van der Waals surface area contributed by atoms with E-state index in [4.69, 9.17) is 59.8 Å². The van der Waals surface area contributed by atoms with E-state index in [1.807, 2.05) is 80.5 Å². The number of pyridine rings is 6. The first-order valence-electron chi connectivity index (χ1n) is 24.1. The van der Waals surface area contributed by atoms with E-state index in [2.05, 4.69) is 114 Å². The first-order valence-corrected chi connectivity index (χ1v) is 24.1. The zero-order valence-electron chi connectivity index (χ0n) is 41.3. The second-order valence-electron chi connectivity index (χ2n) is 18.7. The molecule has 12 nitrogen and oxygen atoms in total. The Bertz CT molecular complexity index is 4210. The van der Waals surface area contributed by atoms with Gasteiger partial charge in [-0.05, 0) is 191 Å². The molecule has 0 amide bonds. The van der Waals surface area contributed by atoms with Crippen LogP contribution in [-0.2, 0) is 0 Å². The van der Waals surface area contributed by atoms with E-state index in [0.717, 1.165) is 101 Å². The van der Waals surface area contributed by atoms with E-state index in [1.54, 1.807) is 6.20 Å². The van der Waals surface area contributed by atoms with Crippen molar-refractivity contribution in [3.63, 3.8) is 0 Å². The van der Waals surface area contributed by atoms with Gasteiger partial charge in [0.2, 0.25) is 0 Å². The van der Waals surface area contributed by atoms with E-state index in [0.29, 0.717) is 61.6 Å². The highest BCUT2D eigenvalue weighted by molar-refractivity contribution is 6.05. The molecule has 0 radical (unpaired) electrons. The van der Waals surface area contributed by atoms with Crippen LogP contribution in [0.5, 0.6) is 0 Å². The lowest BCUT2D eigenvalue weighted by molar-refractivity contribution is 1.15.